The molecule has 15 heteroatoms. The monoisotopic (exact) mass is 527 g/mol. The molecule has 3 rings (SSSR count). The van der Waals surface area contributed by atoms with Crippen LogP contribution in [-0.2, 0) is 23.7 Å². The highest BCUT2D eigenvalue weighted by Crippen LogP contribution is 2.36. The Labute approximate surface area is 206 Å². The van der Waals surface area contributed by atoms with Crippen LogP contribution < -0.4 is 5.32 Å². The molecule has 15 nitrogen and oxygen atoms in total. The van der Waals surface area contributed by atoms with E-state index in [-0.39, 0.29) is 6.42 Å². The van der Waals surface area contributed by atoms with Gasteiger partial charge in [-0.25, -0.2) is 0 Å². The molecule has 210 valence electrons. The van der Waals surface area contributed by atoms with Crippen LogP contribution in [0.15, 0.2) is 0 Å². The van der Waals surface area contributed by atoms with Crippen molar-refractivity contribution in [2.24, 2.45) is 5.92 Å². The summed E-state index contributed by atoms with van der Waals surface area (Å²) in [5.41, 5.74) is 0. The van der Waals surface area contributed by atoms with Gasteiger partial charge in [-0.15, -0.1) is 0 Å². The molecule has 0 saturated carbocycles. The minimum absolute atomic E-state index is 0.252. The summed E-state index contributed by atoms with van der Waals surface area (Å²) in [7, 11) is 0. The highest BCUT2D eigenvalue weighted by atomic mass is 16.7. The summed E-state index contributed by atoms with van der Waals surface area (Å²) in [6, 6.07) is -1.17. The van der Waals surface area contributed by atoms with Crippen LogP contribution >= 0.6 is 0 Å². The Balaban J connectivity index is 1.89. The van der Waals surface area contributed by atoms with Crippen LogP contribution in [0.5, 0.6) is 0 Å². The van der Waals surface area contributed by atoms with Crippen molar-refractivity contribution in [3.05, 3.63) is 0 Å². The zero-order valence-corrected chi connectivity index (χ0v) is 19.8. The first kappa shape index (κ1) is 29.5. The lowest BCUT2D eigenvalue weighted by Crippen LogP contribution is -2.66. The van der Waals surface area contributed by atoms with Gasteiger partial charge < -0.3 is 70.2 Å². The summed E-state index contributed by atoms with van der Waals surface area (Å²) in [6.07, 6.45) is -19.1. The molecule has 0 aromatic heterocycles. The molecule has 36 heavy (non-hydrogen) atoms. The third-order valence-electron chi connectivity index (χ3n) is 7.02. The first-order chi connectivity index (χ1) is 16.9. The molecule has 0 aromatic carbocycles. The third-order valence-corrected chi connectivity index (χ3v) is 7.02. The zero-order chi connectivity index (χ0) is 26.9. The van der Waals surface area contributed by atoms with Gasteiger partial charge in [0.2, 0.25) is 5.91 Å². The lowest BCUT2D eigenvalue weighted by molar-refractivity contribution is -0.339. The average molecular weight is 528 g/mol. The van der Waals surface area contributed by atoms with Crippen molar-refractivity contribution >= 4 is 5.91 Å². The smallest absolute Gasteiger partial charge is 0.217 e. The van der Waals surface area contributed by atoms with Gasteiger partial charge in [0.15, 0.2) is 12.6 Å². The molecule has 3 fully saturated rings. The van der Waals surface area contributed by atoms with E-state index < -0.39 is 111 Å². The molecule has 0 radical (unpaired) electrons. The molecule has 0 bridgehead atoms. The molecule has 1 amide bonds. The molecule has 3 heterocycles. The molecular weight excluding hydrogens is 490 g/mol. The number of carbonyl (C=O) groups excluding carboxylic acids is 1. The van der Waals surface area contributed by atoms with Crippen LogP contribution in [0.1, 0.15) is 20.3 Å². The van der Waals surface area contributed by atoms with Crippen molar-refractivity contribution < 1.29 is 69.7 Å². The van der Waals surface area contributed by atoms with E-state index in [9.17, 15) is 50.8 Å². The van der Waals surface area contributed by atoms with Crippen LogP contribution in [0.25, 0.3) is 0 Å². The second kappa shape index (κ2) is 12.2. The Morgan fingerprint density at radius 1 is 0.778 bits per heavy atom. The molecule has 15 atom stereocenters. The maximum atomic E-state index is 11.7. The van der Waals surface area contributed by atoms with E-state index in [1.54, 1.807) is 0 Å². The fourth-order valence-corrected chi connectivity index (χ4v) is 4.97. The molecule has 3 aliphatic rings. The van der Waals surface area contributed by atoms with Crippen molar-refractivity contribution in [2.75, 3.05) is 13.2 Å². The van der Waals surface area contributed by atoms with E-state index >= 15 is 0 Å². The minimum Gasteiger partial charge on any atom is -0.394 e. The van der Waals surface area contributed by atoms with E-state index in [1.165, 1.54) is 13.8 Å². The quantitative estimate of drug-likeness (QED) is 0.148. The first-order valence-corrected chi connectivity index (χ1v) is 11.8. The SMILES string of the molecule is CC(=O)NC1C(O)OC(CO)C(O)C1CC1OC(CO)C(O)C(O)C1OC1OC(C)C(O)C(O)C1O. The van der Waals surface area contributed by atoms with Crippen molar-refractivity contribution in [3.8, 4) is 0 Å². The highest BCUT2D eigenvalue weighted by molar-refractivity contribution is 5.73. The third kappa shape index (κ3) is 5.99. The van der Waals surface area contributed by atoms with Gasteiger partial charge in [-0.05, 0) is 13.3 Å². The molecule has 15 unspecified atom stereocenters. The van der Waals surface area contributed by atoms with E-state index in [2.05, 4.69) is 5.32 Å². The summed E-state index contributed by atoms with van der Waals surface area (Å²) >= 11 is 0. The topological polar surface area (TPSA) is 248 Å². The maximum absolute atomic E-state index is 11.7. The van der Waals surface area contributed by atoms with Crippen molar-refractivity contribution in [1.82, 2.24) is 5.32 Å². The summed E-state index contributed by atoms with van der Waals surface area (Å²) in [5, 5.41) is 94.5. The molecule has 0 aromatic rings. The summed E-state index contributed by atoms with van der Waals surface area (Å²) in [5.74, 6) is -1.58. The summed E-state index contributed by atoms with van der Waals surface area (Å²) in [4.78, 5) is 11.7. The average Bonchev–Trinajstić information content (AvgIpc) is 2.83. The van der Waals surface area contributed by atoms with Gasteiger partial charge in [0.25, 0.3) is 0 Å². The standard InChI is InChI=1S/C21H37NO14/c1-6-13(26)16(29)18(31)21(33-6)36-19-9(34-11(5-24)15(28)17(19)30)3-8-12(22-7(2)25)20(32)35-10(4-23)14(8)27/h6,8-21,23-24,26-32H,3-5H2,1-2H3,(H,22,25). The number of nitrogens with one attached hydrogen (secondary N) is 1. The van der Waals surface area contributed by atoms with Gasteiger partial charge >= 0.3 is 0 Å². The Kier molecular flexibility index (Phi) is 10.0. The van der Waals surface area contributed by atoms with Gasteiger partial charge in [-0.3, -0.25) is 4.79 Å². The van der Waals surface area contributed by atoms with Gasteiger partial charge in [-0.2, -0.15) is 0 Å². The predicted octanol–water partition coefficient (Wildman–Crippen LogP) is -5.74. The van der Waals surface area contributed by atoms with Gasteiger partial charge in [0, 0.05) is 12.8 Å². The van der Waals surface area contributed by atoms with E-state index in [0.29, 0.717) is 0 Å². The number of aliphatic hydroxyl groups is 9. The van der Waals surface area contributed by atoms with Crippen LogP contribution in [-0.4, -0.2) is 151 Å². The van der Waals surface area contributed by atoms with Crippen LogP contribution in [0, 0.1) is 5.92 Å². The lowest BCUT2D eigenvalue weighted by atomic mass is 9.80. The Morgan fingerprint density at radius 3 is 1.97 bits per heavy atom. The lowest BCUT2D eigenvalue weighted by Gasteiger charge is -2.49. The Morgan fingerprint density at radius 2 is 1.39 bits per heavy atom. The van der Waals surface area contributed by atoms with Crippen molar-refractivity contribution in [1.29, 1.82) is 0 Å². The van der Waals surface area contributed by atoms with Crippen LogP contribution in [0.2, 0.25) is 0 Å². The summed E-state index contributed by atoms with van der Waals surface area (Å²) < 4.78 is 22.1. The second-order valence-corrected chi connectivity index (χ2v) is 9.52. The Hall–Kier alpha value is -1.05. The number of aliphatic hydroxyl groups excluding tert-OH is 9. The van der Waals surface area contributed by atoms with E-state index in [0.717, 1.165) is 0 Å². The number of amides is 1. The molecule has 0 aliphatic carbocycles. The summed E-state index contributed by atoms with van der Waals surface area (Å²) in [6.45, 7) is 1.25. The number of hydrogen-bond acceptors (Lipinski definition) is 14. The van der Waals surface area contributed by atoms with Gasteiger partial charge in [-0.1, -0.05) is 0 Å². The van der Waals surface area contributed by atoms with Gasteiger partial charge in [0.05, 0.1) is 37.6 Å². The molecule has 10 N–H and O–H groups in total. The van der Waals surface area contributed by atoms with Crippen molar-refractivity contribution in [2.45, 2.75) is 106 Å². The fraction of sp³-hybridized carbons (Fsp3) is 0.952. The second-order valence-electron chi connectivity index (χ2n) is 9.52. The maximum Gasteiger partial charge on any atom is 0.217 e. The first-order valence-electron chi connectivity index (χ1n) is 11.8. The van der Waals surface area contributed by atoms with E-state index in [1.807, 2.05) is 0 Å². The number of ether oxygens (including phenoxy) is 4. The number of carbonyl (C=O) groups is 1. The van der Waals surface area contributed by atoms with Crippen LogP contribution in [0.3, 0.4) is 0 Å². The highest BCUT2D eigenvalue weighted by Gasteiger charge is 2.53. The fourth-order valence-electron chi connectivity index (χ4n) is 4.97. The van der Waals surface area contributed by atoms with Crippen LogP contribution in [0.4, 0.5) is 0 Å². The number of rotatable bonds is 7. The molecule has 0 spiro atoms. The molecule has 3 saturated heterocycles. The minimum atomic E-state index is -1.74. The zero-order valence-electron chi connectivity index (χ0n) is 19.8. The number of hydrogen-bond donors (Lipinski definition) is 10. The van der Waals surface area contributed by atoms with Gasteiger partial charge in [0.1, 0.15) is 48.8 Å². The van der Waals surface area contributed by atoms with E-state index in [4.69, 9.17) is 18.9 Å². The molecule has 3 aliphatic heterocycles. The Bertz CT molecular complexity index is 731. The normalized spacial score (nSPS) is 50.0. The predicted molar refractivity (Wildman–Crippen MR) is 115 cm³/mol. The molecular formula is C21H37NO14. The largest absolute Gasteiger partial charge is 0.394 e. The van der Waals surface area contributed by atoms with Crippen molar-refractivity contribution in [3.63, 3.8) is 0 Å².